The Morgan fingerprint density at radius 3 is 1.58 bits per heavy atom. The third-order valence-corrected chi connectivity index (χ3v) is 4.84. The Morgan fingerprint density at radius 1 is 0.538 bits per heavy atom. The van der Waals surface area contributed by atoms with Crippen molar-refractivity contribution in [3.63, 3.8) is 0 Å². The van der Waals surface area contributed by atoms with Crippen molar-refractivity contribution < 1.29 is 0 Å². The predicted molar refractivity (Wildman–Crippen MR) is 105 cm³/mol. The van der Waals surface area contributed by atoms with Crippen molar-refractivity contribution in [3.05, 3.63) is 83.1 Å². The van der Waals surface area contributed by atoms with Gasteiger partial charge in [-0.15, -0.1) is 0 Å². The van der Waals surface area contributed by atoms with E-state index >= 15 is 0 Å². The van der Waals surface area contributed by atoms with Gasteiger partial charge in [0.25, 0.3) is 0 Å². The average Bonchev–Trinajstić information content (AvgIpc) is 3.11. The highest BCUT2D eigenvalue weighted by molar-refractivity contribution is 5.86. The largest absolute Gasteiger partial charge is 0.178 e. The van der Waals surface area contributed by atoms with Crippen molar-refractivity contribution in [2.75, 3.05) is 0 Å². The molecule has 4 nitrogen and oxygen atoms in total. The summed E-state index contributed by atoms with van der Waals surface area (Å²) in [5.41, 5.74) is 5.31. The zero-order valence-corrected chi connectivity index (χ0v) is 15.6. The third kappa shape index (κ3) is 2.62. The van der Waals surface area contributed by atoms with Gasteiger partial charge in [0.15, 0.2) is 0 Å². The van der Waals surface area contributed by atoms with E-state index in [2.05, 4.69) is 84.6 Å². The minimum atomic E-state index is -0.444. The van der Waals surface area contributed by atoms with Gasteiger partial charge in [-0.1, -0.05) is 60.7 Å². The fourth-order valence-electron chi connectivity index (χ4n) is 3.60. The van der Waals surface area contributed by atoms with Gasteiger partial charge in [0.2, 0.25) is 0 Å². The summed E-state index contributed by atoms with van der Waals surface area (Å²) in [5.74, 6) is 0. The number of benzene rings is 2. The number of azo groups is 2. The molecule has 130 valence electrons. The van der Waals surface area contributed by atoms with Gasteiger partial charge in [0.05, 0.1) is 5.70 Å². The molecular weight excluding hydrogens is 320 g/mol. The summed E-state index contributed by atoms with van der Waals surface area (Å²) in [7, 11) is 0. The van der Waals surface area contributed by atoms with Crippen LogP contribution >= 0.6 is 0 Å². The summed E-state index contributed by atoms with van der Waals surface area (Å²) >= 11 is 0. The quantitative estimate of drug-likeness (QED) is 0.628. The van der Waals surface area contributed by atoms with E-state index in [1.807, 2.05) is 24.3 Å². The van der Waals surface area contributed by atoms with Gasteiger partial charge < -0.3 is 0 Å². The maximum atomic E-state index is 4.63. The van der Waals surface area contributed by atoms with E-state index in [0.29, 0.717) is 0 Å². The van der Waals surface area contributed by atoms with E-state index < -0.39 is 5.54 Å². The lowest BCUT2D eigenvalue weighted by Crippen LogP contribution is -2.21. The lowest BCUT2D eigenvalue weighted by molar-refractivity contribution is 0.613. The Labute approximate surface area is 154 Å². The van der Waals surface area contributed by atoms with Crippen LogP contribution in [0.5, 0.6) is 0 Å². The van der Waals surface area contributed by atoms with Crippen LogP contribution in [0.2, 0.25) is 0 Å². The number of hydrogen-bond acceptors (Lipinski definition) is 4. The molecule has 0 saturated carbocycles. The first-order valence-corrected chi connectivity index (χ1v) is 8.87. The lowest BCUT2D eigenvalue weighted by Gasteiger charge is -2.22. The van der Waals surface area contributed by atoms with Crippen LogP contribution in [0.4, 0.5) is 0 Å². The van der Waals surface area contributed by atoms with Gasteiger partial charge in [-0.25, -0.2) is 0 Å². The van der Waals surface area contributed by atoms with E-state index in [9.17, 15) is 0 Å². The summed E-state index contributed by atoms with van der Waals surface area (Å²) in [5, 5.41) is 18.3. The van der Waals surface area contributed by atoms with Crippen molar-refractivity contribution in [1.82, 2.24) is 0 Å². The fourth-order valence-corrected chi connectivity index (χ4v) is 3.60. The first-order valence-electron chi connectivity index (χ1n) is 8.87. The van der Waals surface area contributed by atoms with Crippen LogP contribution < -0.4 is 0 Å². The first kappa shape index (κ1) is 16.6. The normalized spacial score (nSPS) is 20.3. The minimum absolute atomic E-state index is 0.385. The molecule has 0 aliphatic carbocycles. The zero-order valence-electron chi connectivity index (χ0n) is 15.6. The smallest absolute Gasteiger partial charge is 0.106 e. The van der Waals surface area contributed by atoms with Crippen LogP contribution in [0.15, 0.2) is 92.4 Å². The van der Waals surface area contributed by atoms with Gasteiger partial charge in [-0.3, -0.25) is 0 Å². The van der Waals surface area contributed by atoms with Crippen molar-refractivity contribution in [1.29, 1.82) is 0 Å². The summed E-state index contributed by atoms with van der Waals surface area (Å²) in [6.45, 7) is 8.37. The fraction of sp³-hybridized carbons (Fsp3) is 0.273. The molecule has 0 bridgehead atoms. The molecule has 0 aromatic heterocycles. The summed E-state index contributed by atoms with van der Waals surface area (Å²) in [4.78, 5) is 0. The molecule has 26 heavy (non-hydrogen) atoms. The van der Waals surface area contributed by atoms with Crippen LogP contribution in [0.1, 0.15) is 38.8 Å². The molecule has 2 aliphatic heterocycles. The highest BCUT2D eigenvalue weighted by Gasteiger charge is 2.41. The molecule has 0 N–H and O–H groups in total. The number of hydrogen-bond donors (Lipinski definition) is 0. The molecule has 0 saturated heterocycles. The highest BCUT2D eigenvalue weighted by Crippen LogP contribution is 2.49. The average molecular weight is 342 g/mol. The van der Waals surface area contributed by atoms with Gasteiger partial charge in [-0.05, 0) is 33.3 Å². The monoisotopic (exact) mass is 342 g/mol. The van der Waals surface area contributed by atoms with Crippen molar-refractivity contribution in [3.8, 4) is 0 Å². The van der Waals surface area contributed by atoms with Gasteiger partial charge in [0.1, 0.15) is 16.8 Å². The summed E-state index contributed by atoms with van der Waals surface area (Å²) in [6, 6.07) is 20.5. The lowest BCUT2D eigenvalue weighted by atomic mass is 9.82. The molecule has 4 heteroatoms. The van der Waals surface area contributed by atoms with Crippen molar-refractivity contribution in [2.45, 2.75) is 38.8 Å². The Morgan fingerprint density at radius 2 is 1.00 bits per heavy atom. The molecule has 0 fully saturated rings. The molecule has 2 heterocycles. The van der Waals surface area contributed by atoms with Crippen LogP contribution in [0.25, 0.3) is 11.3 Å². The Bertz CT molecular complexity index is 962. The van der Waals surface area contributed by atoms with Crippen LogP contribution in [-0.4, -0.2) is 11.1 Å². The first-order chi connectivity index (χ1) is 12.4. The van der Waals surface area contributed by atoms with E-state index in [1.165, 1.54) is 0 Å². The molecule has 2 aromatic rings. The van der Waals surface area contributed by atoms with Gasteiger partial charge >= 0.3 is 0 Å². The summed E-state index contributed by atoms with van der Waals surface area (Å²) in [6.07, 6.45) is 0. The van der Waals surface area contributed by atoms with Crippen LogP contribution in [0.3, 0.4) is 0 Å². The van der Waals surface area contributed by atoms with Gasteiger partial charge in [-0.2, -0.15) is 20.5 Å². The predicted octanol–water partition coefficient (Wildman–Crippen LogP) is 6.30. The van der Waals surface area contributed by atoms with E-state index in [1.54, 1.807) is 0 Å². The maximum Gasteiger partial charge on any atom is 0.106 e. The summed E-state index contributed by atoms with van der Waals surface area (Å²) < 4.78 is 0. The second kappa shape index (κ2) is 5.84. The SMILES string of the molecule is CC1(C)N=NC(c2ccccc2)=C1C1=C(c2ccccc2)C(C)(C)N=N1. The Balaban J connectivity index is 2.00. The molecule has 0 amide bonds. The molecule has 0 atom stereocenters. The standard InChI is InChI=1S/C22H22N4/c1-21(2)17(15-11-7-5-8-12-15)20(24-25-21)18-19(23-26-22(18,3)4)16-13-9-6-10-14-16/h5-14H,1-4H3. The second-order valence-electron chi connectivity index (χ2n) is 7.70. The Kier molecular flexibility index (Phi) is 3.72. The number of rotatable bonds is 3. The van der Waals surface area contributed by atoms with Crippen LogP contribution in [0, 0.1) is 0 Å². The molecule has 0 unspecified atom stereocenters. The molecule has 2 aliphatic rings. The molecule has 0 spiro atoms. The zero-order chi connectivity index (χ0) is 18.4. The van der Waals surface area contributed by atoms with Crippen molar-refractivity contribution >= 4 is 11.3 Å². The number of nitrogens with zero attached hydrogens (tertiary/aromatic N) is 4. The maximum absolute atomic E-state index is 4.63. The molecule has 0 radical (unpaired) electrons. The Hall–Kier alpha value is -2.88. The molecule has 4 rings (SSSR count). The van der Waals surface area contributed by atoms with Crippen LogP contribution in [-0.2, 0) is 0 Å². The van der Waals surface area contributed by atoms with Crippen molar-refractivity contribution in [2.24, 2.45) is 20.5 Å². The minimum Gasteiger partial charge on any atom is -0.178 e. The molecular formula is C22H22N4. The van der Waals surface area contributed by atoms with E-state index in [-0.39, 0.29) is 5.54 Å². The topological polar surface area (TPSA) is 49.4 Å². The van der Waals surface area contributed by atoms with E-state index in [0.717, 1.165) is 33.7 Å². The third-order valence-electron chi connectivity index (χ3n) is 4.84. The second-order valence-corrected chi connectivity index (χ2v) is 7.70. The highest BCUT2D eigenvalue weighted by atomic mass is 15.2. The van der Waals surface area contributed by atoms with E-state index in [4.69, 9.17) is 0 Å². The molecule has 2 aromatic carbocycles. The van der Waals surface area contributed by atoms with Gasteiger partial charge in [0, 0.05) is 16.7 Å².